The molecule has 1 amide bonds. The lowest BCUT2D eigenvalue weighted by atomic mass is 9.94. The van der Waals surface area contributed by atoms with Crippen LogP contribution >= 0.6 is 0 Å². The Morgan fingerprint density at radius 1 is 1.03 bits per heavy atom. The van der Waals surface area contributed by atoms with Crippen LogP contribution in [0.4, 0.5) is 8.78 Å². The maximum Gasteiger partial charge on any atom is 0.253 e. The van der Waals surface area contributed by atoms with Gasteiger partial charge in [-0.1, -0.05) is 26.0 Å². The Morgan fingerprint density at radius 2 is 1.73 bits per heavy atom. The maximum absolute atomic E-state index is 14.6. The summed E-state index contributed by atoms with van der Waals surface area (Å²) >= 11 is 0. The van der Waals surface area contributed by atoms with Gasteiger partial charge in [0.2, 0.25) is 0 Å². The highest BCUT2D eigenvalue weighted by atomic mass is 19.1. The first-order chi connectivity index (χ1) is 15.6. The smallest absolute Gasteiger partial charge is 0.253 e. The summed E-state index contributed by atoms with van der Waals surface area (Å²) in [5.74, 6) is -1.65. The van der Waals surface area contributed by atoms with Crippen molar-refractivity contribution in [1.29, 1.82) is 0 Å². The predicted molar refractivity (Wildman–Crippen MR) is 124 cm³/mol. The monoisotopic (exact) mass is 448 g/mol. The first-order valence-electron chi connectivity index (χ1n) is 10.8. The van der Waals surface area contributed by atoms with Gasteiger partial charge in [-0.05, 0) is 62.6 Å². The van der Waals surface area contributed by atoms with Gasteiger partial charge in [-0.2, -0.15) is 5.10 Å². The van der Waals surface area contributed by atoms with Gasteiger partial charge in [0.05, 0.1) is 33.6 Å². The topological polar surface area (TPSA) is 59.3 Å². The Labute approximate surface area is 191 Å². The molecule has 0 atom stereocenters. The molecule has 0 saturated heterocycles. The van der Waals surface area contributed by atoms with Crippen molar-refractivity contribution in [2.75, 3.05) is 0 Å². The molecule has 1 N–H and O–H groups in total. The molecular formula is C26H26F2N4O. The number of amides is 1. The number of pyridine rings is 2. The molecule has 1 aromatic carbocycles. The fraction of sp³-hybridized carbons (Fsp3) is 0.269. The highest BCUT2D eigenvalue weighted by Gasteiger charge is 2.28. The van der Waals surface area contributed by atoms with Crippen LogP contribution in [0.3, 0.4) is 0 Å². The summed E-state index contributed by atoms with van der Waals surface area (Å²) in [5, 5.41) is 7.66. The highest BCUT2D eigenvalue weighted by Crippen LogP contribution is 2.35. The molecule has 7 heteroatoms. The van der Waals surface area contributed by atoms with E-state index in [0.717, 1.165) is 5.56 Å². The van der Waals surface area contributed by atoms with E-state index in [4.69, 9.17) is 0 Å². The average molecular weight is 449 g/mol. The fourth-order valence-corrected chi connectivity index (χ4v) is 4.19. The van der Waals surface area contributed by atoms with Gasteiger partial charge < -0.3 is 5.32 Å². The van der Waals surface area contributed by atoms with Gasteiger partial charge in [0, 0.05) is 18.0 Å². The van der Waals surface area contributed by atoms with Gasteiger partial charge in [0.15, 0.2) is 0 Å². The molecule has 170 valence electrons. The third-order valence-electron chi connectivity index (χ3n) is 5.82. The van der Waals surface area contributed by atoms with E-state index in [1.165, 1.54) is 18.2 Å². The van der Waals surface area contributed by atoms with E-state index in [9.17, 15) is 13.6 Å². The molecule has 0 aliphatic carbocycles. The molecular weight excluding hydrogens is 422 g/mol. The first kappa shape index (κ1) is 22.6. The number of carbonyl (C=O) groups excluding carboxylic acids is 1. The molecule has 0 fully saturated rings. The molecule has 4 aromatic rings. The van der Waals surface area contributed by atoms with Gasteiger partial charge >= 0.3 is 0 Å². The van der Waals surface area contributed by atoms with E-state index < -0.39 is 17.2 Å². The molecule has 4 rings (SSSR count). The van der Waals surface area contributed by atoms with E-state index in [-0.39, 0.29) is 17.4 Å². The zero-order chi connectivity index (χ0) is 23.9. The molecule has 0 bridgehead atoms. The van der Waals surface area contributed by atoms with E-state index in [1.54, 1.807) is 36.0 Å². The number of benzene rings is 1. The number of nitrogens with zero attached hydrogens (tertiary/aromatic N) is 3. The van der Waals surface area contributed by atoms with Crippen molar-refractivity contribution >= 4 is 11.4 Å². The summed E-state index contributed by atoms with van der Waals surface area (Å²) in [6, 6.07) is 10.9. The highest BCUT2D eigenvalue weighted by molar-refractivity contribution is 5.97. The van der Waals surface area contributed by atoms with E-state index in [0.29, 0.717) is 28.0 Å². The van der Waals surface area contributed by atoms with Crippen molar-refractivity contribution < 1.29 is 13.6 Å². The molecule has 0 aliphatic rings. The van der Waals surface area contributed by atoms with Crippen molar-refractivity contribution in [3.63, 3.8) is 0 Å². The Balaban J connectivity index is 1.85. The molecule has 0 radical (unpaired) electrons. The third-order valence-corrected chi connectivity index (χ3v) is 5.82. The van der Waals surface area contributed by atoms with Gasteiger partial charge in [-0.15, -0.1) is 0 Å². The second-order valence-corrected chi connectivity index (χ2v) is 8.96. The predicted octanol–water partition coefficient (Wildman–Crippen LogP) is 5.77. The number of hydrogen-bond donors (Lipinski definition) is 1. The lowest BCUT2D eigenvalue weighted by Crippen LogP contribution is -2.41. The molecule has 3 aromatic heterocycles. The lowest BCUT2D eigenvalue weighted by Gasteiger charge is -2.27. The van der Waals surface area contributed by atoms with Crippen molar-refractivity contribution in [2.45, 2.75) is 46.1 Å². The number of fused-ring (bicyclic) bond motifs is 1. The fourth-order valence-electron chi connectivity index (χ4n) is 4.19. The van der Waals surface area contributed by atoms with E-state index in [1.807, 2.05) is 39.8 Å². The van der Waals surface area contributed by atoms with Crippen LogP contribution in [-0.2, 0) is 5.54 Å². The summed E-state index contributed by atoms with van der Waals surface area (Å²) in [6.45, 7) is 9.44. The van der Waals surface area contributed by atoms with Crippen LogP contribution in [-0.4, -0.2) is 20.5 Å². The first-order valence-corrected chi connectivity index (χ1v) is 10.8. The molecule has 0 spiro atoms. The van der Waals surface area contributed by atoms with Gasteiger partial charge in [-0.25, -0.2) is 13.3 Å². The average Bonchev–Trinajstić information content (AvgIpc) is 3.08. The number of carbonyl (C=O) groups is 1. The van der Waals surface area contributed by atoms with E-state index >= 15 is 0 Å². The van der Waals surface area contributed by atoms with Crippen molar-refractivity contribution in [2.24, 2.45) is 0 Å². The standard InChI is InChI=1S/C26H26F2N4O/c1-15(2)24-18(25(33)30-26(4,5)17-8-7-13-29-14-17)11-12-21-22(16(3)31-32(21)24)23-19(27)9-6-10-20(23)28/h6-15H,1-5H3,(H,30,33). The van der Waals surface area contributed by atoms with E-state index in [2.05, 4.69) is 15.4 Å². The summed E-state index contributed by atoms with van der Waals surface area (Å²) in [5.41, 5.74) is 2.63. The molecule has 33 heavy (non-hydrogen) atoms. The third kappa shape index (κ3) is 3.99. The molecule has 5 nitrogen and oxygen atoms in total. The molecule has 0 unspecified atom stereocenters. The van der Waals surface area contributed by atoms with Crippen LogP contribution in [0.25, 0.3) is 16.6 Å². The van der Waals surface area contributed by atoms with Crippen molar-refractivity contribution in [3.8, 4) is 11.1 Å². The molecule has 3 heterocycles. The van der Waals surface area contributed by atoms with Crippen LogP contribution in [0.1, 0.15) is 60.9 Å². The molecule has 0 aliphatic heterocycles. The lowest BCUT2D eigenvalue weighted by molar-refractivity contribution is 0.0909. The summed E-state index contributed by atoms with van der Waals surface area (Å²) in [6.07, 6.45) is 3.40. The number of nitrogens with one attached hydrogen (secondary N) is 1. The van der Waals surface area contributed by atoms with Crippen LogP contribution < -0.4 is 5.32 Å². The number of rotatable bonds is 5. The number of hydrogen-bond acceptors (Lipinski definition) is 3. The Hall–Kier alpha value is -3.61. The van der Waals surface area contributed by atoms with Gasteiger partial charge in [0.25, 0.3) is 5.91 Å². The van der Waals surface area contributed by atoms with Crippen LogP contribution in [0.5, 0.6) is 0 Å². The maximum atomic E-state index is 14.6. The minimum atomic E-state index is -0.657. The minimum Gasteiger partial charge on any atom is -0.343 e. The summed E-state index contributed by atoms with van der Waals surface area (Å²) in [7, 11) is 0. The normalized spacial score (nSPS) is 11.9. The number of aryl methyl sites for hydroxylation is 1. The van der Waals surface area contributed by atoms with Crippen molar-refractivity contribution in [1.82, 2.24) is 19.9 Å². The zero-order valence-electron chi connectivity index (χ0n) is 19.3. The second kappa shape index (κ2) is 8.39. The Kier molecular flexibility index (Phi) is 5.74. The van der Waals surface area contributed by atoms with Crippen molar-refractivity contribution in [3.05, 3.63) is 89.0 Å². The Morgan fingerprint density at radius 3 is 2.33 bits per heavy atom. The summed E-state index contributed by atoms with van der Waals surface area (Å²) in [4.78, 5) is 17.5. The number of halogens is 2. The Bertz CT molecular complexity index is 1320. The van der Waals surface area contributed by atoms with Crippen LogP contribution in [0, 0.1) is 18.6 Å². The second-order valence-electron chi connectivity index (χ2n) is 8.96. The van der Waals surface area contributed by atoms with Gasteiger partial charge in [0.1, 0.15) is 11.6 Å². The van der Waals surface area contributed by atoms with Crippen LogP contribution in [0.15, 0.2) is 54.9 Å². The summed E-state index contributed by atoms with van der Waals surface area (Å²) < 4.78 is 30.8. The number of aromatic nitrogens is 3. The van der Waals surface area contributed by atoms with Crippen LogP contribution in [0.2, 0.25) is 0 Å². The minimum absolute atomic E-state index is 0.0754. The zero-order valence-corrected chi connectivity index (χ0v) is 19.3. The quantitative estimate of drug-likeness (QED) is 0.422. The molecule has 0 saturated carbocycles. The van der Waals surface area contributed by atoms with Gasteiger partial charge in [-0.3, -0.25) is 9.78 Å². The SMILES string of the molecule is Cc1nn2c(C(C)C)c(C(=O)NC(C)(C)c3cccnc3)ccc2c1-c1c(F)cccc1F. The largest absolute Gasteiger partial charge is 0.343 e.